The first kappa shape index (κ1) is 12.4. The lowest BCUT2D eigenvalue weighted by Gasteiger charge is -2.08. The van der Waals surface area contributed by atoms with Gasteiger partial charge in [0.1, 0.15) is 0 Å². The number of hydrogen-bond acceptors (Lipinski definition) is 2. The average Bonchev–Trinajstić information content (AvgIpc) is 2.14. The second kappa shape index (κ2) is 8.05. The number of unbranched alkanes of at least 4 members (excludes halogenated alkanes) is 1. The lowest BCUT2D eigenvalue weighted by Crippen LogP contribution is -2.26. The molecule has 3 heteroatoms. The monoisotopic (exact) mass is 187 g/mol. The minimum atomic E-state index is -0.272. The van der Waals surface area contributed by atoms with Crippen LogP contribution in [0.3, 0.4) is 0 Å². The van der Waals surface area contributed by atoms with Crippen molar-refractivity contribution in [2.75, 3.05) is 6.54 Å². The van der Waals surface area contributed by atoms with Crippen molar-refractivity contribution in [3.8, 4) is 0 Å². The number of aliphatic hydroxyl groups excluding tert-OH is 1. The third-order valence-electron chi connectivity index (χ3n) is 2.03. The highest BCUT2D eigenvalue weighted by Crippen LogP contribution is 1.96. The number of nitrogens with one attached hydrogen (secondary N) is 1. The van der Waals surface area contributed by atoms with Crippen molar-refractivity contribution in [1.29, 1.82) is 0 Å². The van der Waals surface area contributed by atoms with E-state index in [1.165, 1.54) is 0 Å². The van der Waals surface area contributed by atoms with Gasteiger partial charge in [-0.1, -0.05) is 20.3 Å². The Kier molecular flexibility index (Phi) is 7.69. The number of hydrogen-bond donors (Lipinski definition) is 2. The van der Waals surface area contributed by atoms with Crippen LogP contribution in [0.1, 0.15) is 46.0 Å². The Morgan fingerprint density at radius 1 is 1.46 bits per heavy atom. The van der Waals surface area contributed by atoms with Gasteiger partial charge in [-0.2, -0.15) is 0 Å². The lowest BCUT2D eigenvalue weighted by molar-refractivity contribution is -0.121. The zero-order valence-corrected chi connectivity index (χ0v) is 8.68. The molecule has 0 bridgehead atoms. The summed E-state index contributed by atoms with van der Waals surface area (Å²) in [6.45, 7) is 4.59. The second-order valence-corrected chi connectivity index (χ2v) is 3.30. The fourth-order valence-electron chi connectivity index (χ4n) is 1.01. The summed E-state index contributed by atoms with van der Waals surface area (Å²) in [5, 5.41) is 12.0. The summed E-state index contributed by atoms with van der Waals surface area (Å²) in [5.74, 6) is 0.102. The third-order valence-corrected chi connectivity index (χ3v) is 2.03. The number of rotatable bonds is 7. The number of carbonyl (C=O) groups is 1. The van der Waals surface area contributed by atoms with Crippen LogP contribution >= 0.6 is 0 Å². The molecular formula is C10H21NO2. The number of carbonyl (C=O) groups excluding carboxylic acids is 1. The van der Waals surface area contributed by atoms with Crippen molar-refractivity contribution in [3.05, 3.63) is 0 Å². The average molecular weight is 187 g/mol. The standard InChI is InChI=1S/C10H21NO2/c1-3-5-6-10(13)11-8-7-9(12)4-2/h9,12H,3-8H2,1-2H3,(H,11,13). The van der Waals surface area contributed by atoms with Crippen LogP contribution in [-0.2, 0) is 4.79 Å². The van der Waals surface area contributed by atoms with Gasteiger partial charge in [-0.05, 0) is 19.3 Å². The van der Waals surface area contributed by atoms with E-state index in [2.05, 4.69) is 12.2 Å². The van der Waals surface area contributed by atoms with E-state index in [4.69, 9.17) is 0 Å². The molecule has 13 heavy (non-hydrogen) atoms. The molecule has 0 aromatic rings. The third kappa shape index (κ3) is 7.78. The molecule has 1 amide bonds. The predicted octanol–water partition coefficient (Wildman–Crippen LogP) is 1.45. The predicted molar refractivity (Wildman–Crippen MR) is 53.4 cm³/mol. The first-order chi connectivity index (χ1) is 6.20. The minimum absolute atomic E-state index is 0.102. The Balaban J connectivity index is 3.26. The quantitative estimate of drug-likeness (QED) is 0.634. The Morgan fingerprint density at radius 3 is 2.69 bits per heavy atom. The molecule has 0 radical (unpaired) electrons. The largest absolute Gasteiger partial charge is 0.393 e. The van der Waals surface area contributed by atoms with Crippen molar-refractivity contribution in [3.63, 3.8) is 0 Å². The summed E-state index contributed by atoms with van der Waals surface area (Å²) in [4.78, 5) is 11.1. The Bertz CT molecular complexity index is 137. The first-order valence-electron chi connectivity index (χ1n) is 5.15. The van der Waals surface area contributed by atoms with Gasteiger partial charge in [0, 0.05) is 13.0 Å². The van der Waals surface area contributed by atoms with E-state index in [1.54, 1.807) is 0 Å². The van der Waals surface area contributed by atoms with Crippen LogP contribution in [0.2, 0.25) is 0 Å². The van der Waals surface area contributed by atoms with Gasteiger partial charge < -0.3 is 10.4 Å². The zero-order valence-electron chi connectivity index (χ0n) is 8.68. The number of amides is 1. The molecule has 0 aliphatic rings. The van der Waals surface area contributed by atoms with Crippen LogP contribution in [0, 0.1) is 0 Å². The van der Waals surface area contributed by atoms with Gasteiger partial charge in [0.15, 0.2) is 0 Å². The van der Waals surface area contributed by atoms with E-state index in [1.807, 2.05) is 6.92 Å². The molecule has 0 aromatic carbocycles. The molecule has 1 unspecified atom stereocenters. The molecule has 0 rings (SSSR count). The maximum absolute atomic E-state index is 11.1. The Morgan fingerprint density at radius 2 is 2.15 bits per heavy atom. The molecule has 78 valence electrons. The van der Waals surface area contributed by atoms with Gasteiger partial charge in [0.25, 0.3) is 0 Å². The summed E-state index contributed by atoms with van der Waals surface area (Å²) < 4.78 is 0. The molecule has 0 fully saturated rings. The zero-order chi connectivity index (χ0) is 10.1. The van der Waals surface area contributed by atoms with E-state index < -0.39 is 0 Å². The Hall–Kier alpha value is -0.570. The highest BCUT2D eigenvalue weighted by molar-refractivity contribution is 5.75. The number of aliphatic hydroxyl groups is 1. The second-order valence-electron chi connectivity index (χ2n) is 3.30. The summed E-state index contributed by atoms with van der Waals surface area (Å²) in [7, 11) is 0. The molecular weight excluding hydrogens is 166 g/mol. The topological polar surface area (TPSA) is 49.3 Å². The van der Waals surface area contributed by atoms with Gasteiger partial charge >= 0.3 is 0 Å². The maximum Gasteiger partial charge on any atom is 0.219 e. The minimum Gasteiger partial charge on any atom is -0.393 e. The smallest absolute Gasteiger partial charge is 0.219 e. The van der Waals surface area contributed by atoms with Crippen molar-refractivity contribution < 1.29 is 9.90 Å². The normalized spacial score (nSPS) is 12.5. The van der Waals surface area contributed by atoms with Gasteiger partial charge in [-0.25, -0.2) is 0 Å². The highest BCUT2D eigenvalue weighted by Gasteiger charge is 2.02. The van der Waals surface area contributed by atoms with E-state index in [-0.39, 0.29) is 12.0 Å². The van der Waals surface area contributed by atoms with E-state index in [0.29, 0.717) is 19.4 Å². The van der Waals surface area contributed by atoms with E-state index >= 15 is 0 Å². The first-order valence-corrected chi connectivity index (χ1v) is 5.15. The maximum atomic E-state index is 11.1. The fraction of sp³-hybridized carbons (Fsp3) is 0.900. The molecule has 0 aromatic heterocycles. The summed E-state index contributed by atoms with van der Waals surface area (Å²) in [5.41, 5.74) is 0. The summed E-state index contributed by atoms with van der Waals surface area (Å²) in [6, 6.07) is 0. The van der Waals surface area contributed by atoms with Crippen LogP contribution in [0.5, 0.6) is 0 Å². The summed E-state index contributed by atoms with van der Waals surface area (Å²) >= 11 is 0. The molecule has 0 saturated heterocycles. The van der Waals surface area contributed by atoms with Crippen LogP contribution in [-0.4, -0.2) is 23.7 Å². The highest BCUT2D eigenvalue weighted by atomic mass is 16.3. The molecule has 0 saturated carbocycles. The van der Waals surface area contributed by atoms with Crippen molar-refractivity contribution >= 4 is 5.91 Å². The van der Waals surface area contributed by atoms with Crippen molar-refractivity contribution in [2.24, 2.45) is 0 Å². The molecule has 0 heterocycles. The van der Waals surface area contributed by atoms with E-state index in [0.717, 1.165) is 19.3 Å². The molecule has 3 nitrogen and oxygen atoms in total. The molecule has 0 spiro atoms. The SMILES string of the molecule is CCCCC(=O)NCCC(O)CC. The molecule has 0 aliphatic carbocycles. The molecule has 0 aliphatic heterocycles. The van der Waals surface area contributed by atoms with Crippen molar-refractivity contribution in [2.45, 2.75) is 52.1 Å². The van der Waals surface area contributed by atoms with E-state index in [9.17, 15) is 9.90 Å². The summed E-state index contributed by atoms with van der Waals surface area (Å²) in [6.07, 6.45) is 3.75. The lowest BCUT2D eigenvalue weighted by atomic mass is 10.2. The fourth-order valence-corrected chi connectivity index (χ4v) is 1.01. The molecule has 1 atom stereocenters. The Labute approximate surface area is 80.5 Å². The van der Waals surface area contributed by atoms with Crippen LogP contribution in [0.25, 0.3) is 0 Å². The van der Waals surface area contributed by atoms with Gasteiger partial charge in [-0.3, -0.25) is 4.79 Å². The van der Waals surface area contributed by atoms with Gasteiger partial charge in [0.2, 0.25) is 5.91 Å². The van der Waals surface area contributed by atoms with Gasteiger partial charge in [-0.15, -0.1) is 0 Å². The molecule has 2 N–H and O–H groups in total. The van der Waals surface area contributed by atoms with Crippen LogP contribution in [0.15, 0.2) is 0 Å². The van der Waals surface area contributed by atoms with Crippen LogP contribution < -0.4 is 5.32 Å². The van der Waals surface area contributed by atoms with Crippen LogP contribution in [0.4, 0.5) is 0 Å². The van der Waals surface area contributed by atoms with Crippen molar-refractivity contribution in [1.82, 2.24) is 5.32 Å². The van der Waals surface area contributed by atoms with Gasteiger partial charge in [0.05, 0.1) is 6.10 Å².